The molecule has 1 amide bonds. The molecule has 4 nitrogen and oxygen atoms in total. The van der Waals surface area contributed by atoms with Crippen LogP contribution in [-0.4, -0.2) is 19.6 Å². The molecule has 0 fully saturated rings. The van der Waals surface area contributed by atoms with Gasteiger partial charge in [0.2, 0.25) is 5.91 Å². The lowest BCUT2D eigenvalue weighted by molar-refractivity contribution is -0.121. The molecule has 1 aromatic carbocycles. The number of benzene rings is 1. The molecule has 0 aliphatic carbocycles. The maximum atomic E-state index is 11.3. The van der Waals surface area contributed by atoms with E-state index in [0.717, 1.165) is 17.7 Å². The maximum Gasteiger partial charge on any atom is 0.220 e. The third kappa shape index (κ3) is 6.14. The molecule has 1 rings (SSSR count). The Bertz CT molecular complexity index is 328. The zero-order valence-electron chi connectivity index (χ0n) is 9.94. The van der Waals surface area contributed by atoms with Gasteiger partial charge in [0.05, 0.1) is 7.11 Å². The van der Waals surface area contributed by atoms with Crippen molar-refractivity contribution in [1.29, 1.82) is 0 Å². The fourth-order valence-electron chi connectivity index (χ4n) is 1.30. The zero-order valence-corrected chi connectivity index (χ0v) is 10.8. The second-order valence-electron chi connectivity index (χ2n) is 3.52. The molecule has 0 radical (unpaired) electrons. The van der Waals surface area contributed by atoms with E-state index in [2.05, 4.69) is 5.32 Å². The van der Waals surface area contributed by atoms with Gasteiger partial charge in [0.25, 0.3) is 0 Å². The summed E-state index contributed by atoms with van der Waals surface area (Å²) in [5.74, 6) is 0.861. The van der Waals surface area contributed by atoms with Gasteiger partial charge in [-0.05, 0) is 30.7 Å². The van der Waals surface area contributed by atoms with E-state index in [1.165, 1.54) is 0 Å². The highest BCUT2D eigenvalue weighted by Crippen LogP contribution is 2.10. The van der Waals surface area contributed by atoms with Gasteiger partial charge in [0.1, 0.15) is 5.75 Å². The van der Waals surface area contributed by atoms with E-state index >= 15 is 0 Å². The lowest BCUT2D eigenvalue weighted by atomic mass is 10.2. The Labute approximate surface area is 108 Å². The minimum absolute atomic E-state index is 0. The number of halogens is 1. The van der Waals surface area contributed by atoms with Crippen LogP contribution in [0.3, 0.4) is 0 Å². The number of methoxy groups -OCH3 is 1. The van der Waals surface area contributed by atoms with Crippen molar-refractivity contribution in [2.24, 2.45) is 5.73 Å². The van der Waals surface area contributed by atoms with Crippen molar-refractivity contribution in [3.05, 3.63) is 29.8 Å². The SMILES string of the molecule is COc1ccc(CNC(=O)CCCN)cc1.Cl. The fraction of sp³-hybridized carbons (Fsp3) is 0.417. The Morgan fingerprint density at radius 2 is 2.00 bits per heavy atom. The Hall–Kier alpha value is -1.26. The number of rotatable bonds is 6. The van der Waals surface area contributed by atoms with Crippen molar-refractivity contribution in [3.63, 3.8) is 0 Å². The van der Waals surface area contributed by atoms with Crippen molar-refractivity contribution in [3.8, 4) is 5.75 Å². The van der Waals surface area contributed by atoms with E-state index < -0.39 is 0 Å². The number of hydrogen-bond acceptors (Lipinski definition) is 3. The van der Waals surface area contributed by atoms with Gasteiger partial charge < -0.3 is 15.8 Å². The summed E-state index contributed by atoms with van der Waals surface area (Å²) < 4.78 is 5.05. The molecule has 0 heterocycles. The lowest BCUT2D eigenvalue weighted by Gasteiger charge is -2.05. The van der Waals surface area contributed by atoms with E-state index in [1.54, 1.807) is 7.11 Å². The van der Waals surface area contributed by atoms with Crippen LogP contribution in [0.4, 0.5) is 0 Å². The van der Waals surface area contributed by atoms with Crippen LogP contribution in [0.1, 0.15) is 18.4 Å². The monoisotopic (exact) mass is 258 g/mol. The van der Waals surface area contributed by atoms with Crippen LogP contribution < -0.4 is 15.8 Å². The Balaban J connectivity index is 0.00000256. The number of nitrogens with two attached hydrogens (primary N) is 1. The predicted molar refractivity (Wildman–Crippen MR) is 70.4 cm³/mol. The molecule has 0 spiro atoms. The number of carbonyl (C=O) groups excluding carboxylic acids is 1. The normalized spacial score (nSPS) is 9.29. The predicted octanol–water partition coefficient (Wildman–Crippen LogP) is 1.47. The van der Waals surface area contributed by atoms with E-state index in [4.69, 9.17) is 10.5 Å². The highest BCUT2D eigenvalue weighted by molar-refractivity contribution is 5.85. The van der Waals surface area contributed by atoms with E-state index in [0.29, 0.717) is 19.5 Å². The third-order valence-electron chi connectivity index (χ3n) is 2.26. The van der Waals surface area contributed by atoms with Crippen LogP contribution in [-0.2, 0) is 11.3 Å². The third-order valence-corrected chi connectivity index (χ3v) is 2.26. The molecule has 0 aliphatic heterocycles. The first-order chi connectivity index (χ1) is 7.76. The average Bonchev–Trinajstić information content (AvgIpc) is 2.34. The van der Waals surface area contributed by atoms with Crippen LogP contribution in [0.5, 0.6) is 5.75 Å². The molecular formula is C12H19ClN2O2. The fourth-order valence-corrected chi connectivity index (χ4v) is 1.30. The Morgan fingerprint density at radius 3 is 2.53 bits per heavy atom. The van der Waals surface area contributed by atoms with Gasteiger partial charge in [-0.25, -0.2) is 0 Å². The lowest BCUT2D eigenvalue weighted by Crippen LogP contribution is -2.23. The number of carbonyl (C=O) groups is 1. The zero-order chi connectivity index (χ0) is 11.8. The average molecular weight is 259 g/mol. The summed E-state index contributed by atoms with van der Waals surface area (Å²) in [5.41, 5.74) is 6.38. The van der Waals surface area contributed by atoms with E-state index in [9.17, 15) is 4.79 Å². The minimum atomic E-state index is 0. The first-order valence-corrected chi connectivity index (χ1v) is 5.36. The highest BCUT2D eigenvalue weighted by atomic mass is 35.5. The summed E-state index contributed by atoms with van der Waals surface area (Å²) in [7, 11) is 1.63. The van der Waals surface area contributed by atoms with Crippen LogP contribution in [0.2, 0.25) is 0 Å². The Kier molecular flexibility index (Phi) is 8.19. The molecule has 3 N–H and O–H groups in total. The second kappa shape index (κ2) is 8.84. The van der Waals surface area contributed by atoms with Crippen LogP contribution in [0.25, 0.3) is 0 Å². The number of nitrogens with one attached hydrogen (secondary N) is 1. The molecule has 17 heavy (non-hydrogen) atoms. The molecule has 5 heteroatoms. The molecule has 0 saturated heterocycles. The van der Waals surface area contributed by atoms with Crippen molar-refractivity contribution in [1.82, 2.24) is 5.32 Å². The highest BCUT2D eigenvalue weighted by Gasteiger charge is 2.00. The van der Waals surface area contributed by atoms with Gasteiger partial charge in [0.15, 0.2) is 0 Å². The summed E-state index contributed by atoms with van der Waals surface area (Å²) in [6.45, 7) is 1.10. The molecule has 0 aromatic heterocycles. The molecule has 0 atom stereocenters. The van der Waals surface area contributed by atoms with Gasteiger partial charge >= 0.3 is 0 Å². The first kappa shape index (κ1) is 15.7. The minimum Gasteiger partial charge on any atom is -0.497 e. The van der Waals surface area contributed by atoms with Gasteiger partial charge in [-0.2, -0.15) is 0 Å². The molecule has 0 bridgehead atoms. The van der Waals surface area contributed by atoms with Gasteiger partial charge in [-0.1, -0.05) is 12.1 Å². The summed E-state index contributed by atoms with van der Waals surface area (Å²) in [5, 5.41) is 2.84. The summed E-state index contributed by atoms with van der Waals surface area (Å²) in [6, 6.07) is 7.62. The number of hydrogen-bond donors (Lipinski definition) is 2. The van der Waals surface area contributed by atoms with Crippen LogP contribution in [0.15, 0.2) is 24.3 Å². The quantitative estimate of drug-likeness (QED) is 0.812. The largest absolute Gasteiger partial charge is 0.497 e. The second-order valence-corrected chi connectivity index (χ2v) is 3.52. The van der Waals surface area contributed by atoms with Crippen molar-refractivity contribution >= 4 is 18.3 Å². The topological polar surface area (TPSA) is 64.3 Å². The van der Waals surface area contributed by atoms with Crippen molar-refractivity contribution in [2.45, 2.75) is 19.4 Å². The van der Waals surface area contributed by atoms with Crippen molar-refractivity contribution < 1.29 is 9.53 Å². The number of amides is 1. The number of ether oxygens (including phenoxy) is 1. The molecule has 0 aliphatic rings. The van der Waals surface area contributed by atoms with E-state index in [1.807, 2.05) is 24.3 Å². The summed E-state index contributed by atoms with van der Waals surface area (Å²) >= 11 is 0. The molecule has 1 aromatic rings. The molecule has 0 unspecified atom stereocenters. The standard InChI is InChI=1S/C12H18N2O2.ClH/c1-16-11-6-4-10(5-7-11)9-14-12(15)3-2-8-13;/h4-7H,2-3,8-9,13H2,1H3,(H,14,15);1H. The smallest absolute Gasteiger partial charge is 0.220 e. The van der Waals surface area contributed by atoms with Crippen LogP contribution in [0, 0.1) is 0 Å². The Morgan fingerprint density at radius 1 is 1.35 bits per heavy atom. The van der Waals surface area contributed by atoms with Gasteiger partial charge in [-0.3, -0.25) is 4.79 Å². The van der Waals surface area contributed by atoms with E-state index in [-0.39, 0.29) is 18.3 Å². The van der Waals surface area contributed by atoms with Crippen LogP contribution >= 0.6 is 12.4 Å². The summed E-state index contributed by atoms with van der Waals surface area (Å²) in [4.78, 5) is 11.3. The molecular weight excluding hydrogens is 240 g/mol. The maximum absolute atomic E-state index is 11.3. The van der Waals surface area contributed by atoms with Crippen molar-refractivity contribution in [2.75, 3.05) is 13.7 Å². The first-order valence-electron chi connectivity index (χ1n) is 5.36. The molecule has 0 saturated carbocycles. The summed E-state index contributed by atoms with van der Waals surface area (Å²) in [6.07, 6.45) is 1.22. The molecule has 96 valence electrons. The van der Waals surface area contributed by atoms with Gasteiger partial charge in [-0.15, -0.1) is 12.4 Å². The van der Waals surface area contributed by atoms with Gasteiger partial charge in [0, 0.05) is 13.0 Å².